The number of hydrogen-bond acceptors (Lipinski definition) is 3. The van der Waals surface area contributed by atoms with E-state index < -0.39 is 6.95 Å². The lowest BCUT2D eigenvalue weighted by Crippen LogP contribution is -1.96. The third kappa shape index (κ3) is 3.80. The van der Waals surface area contributed by atoms with Crippen LogP contribution in [0.1, 0.15) is 0 Å². The van der Waals surface area contributed by atoms with Crippen LogP contribution in [-0.2, 0) is 4.57 Å². The smallest absolute Gasteiger partial charge is 0.404 e. The van der Waals surface area contributed by atoms with Gasteiger partial charge in [0.2, 0.25) is 0 Å². The van der Waals surface area contributed by atoms with Crippen molar-refractivity contribution in [1.29, 1.82) is 0 Å². The van der Waals surface area contributed by atoms with E-state index in [1.807, 2.05) is 72.8 Å². The molecule has 0 heterocycles. The molecule has 0 aliphatic rings. The predicted octanol–water partition coefficient (Wildman–Crippen LogP) is 9.10. The van der Waals surface area contributed by atoms with Gasteiger partial charge in [0.15, 0.2) is 0 Å². The zero-order valence-corrected chi connectivity index (χ0v) is 19.1. The Hall–Kier alpha value is -3.52. The van der Waals surface area contributed by atoms with Gasteiger partial charge >= 0.3 is 6.95 Å². The minimum absolute atomic E-state index is 0.419. The first-order valence-corrected chi connectivity index (χ1v) is 13.0. The summed E-state index contributed by atoms with van der Waals surface area (Å²) in [6.45, 7) is -3.99. The molecule has 3 nitrogen and oxygen atoms in total. The molecule has 0 aliphatic carbocycles. The second-order valence-electron chi connectivity index (χ2n) is 7.97. The lowest BCUT2D eigenvalue weighted by Gasteiger charge is -2.17. The van der Waals surface area contributed by atoms with Crippen molar-refractivity contribution >= 4 is 61.3 Å². The van der Waals surface area contributed by atoms with Crippen LogP contribution in [0.2, 0.25) is 0 Å². The number of halogens is 1. The Kier molecular flexibility index (Phi) is 4.76. The van der Waals surface area contributed by atoms with Crippen LogP contribution < -0.4 is 9.05 Å². The topological polar surface area (TPSA) is 35.5 Å². The summed E-state index contributed by atoms with van der Waals surface area (Å²) in [5.41, 5.74) is 0. The van der Waals surface area contributed by atoms with E-state index in [0.717, 1.165) is 43.1 Å². The molecule has 0 N–H and O–H groups in total. The third-order valence-corrected chi connectivity index (χ3v) is 7.07. The maximum absolute atomic E-state index is 13.3. The van der Waals surface area contributed by atoms with Gasteiger partial charge in [-0.2, -0.15) is 0 Å². The van der Waals surface area contributed by atoms with Crippen molar-refractivity contribution in [2.24, 2.45) is 0 Å². The summed E-state index contributed by atoms with van der Waals surface area (Å²) in [6.07, 6.45) is 0. The van der Waals surface area contributed by atoms with Gasteiger partial charge in [0.05, 0.1) is 0 Å². The summed E-state index contributed by atoms with van der Waals surface area (Å²) < 4.78 is 24.9. The standard InChI is InChI=1S/C28H18ClO3P/c29-33(30,31-27-13-5-11-23-15-19-7-1-3-9-21(19)17-25(23)27)32-28-14-6-12-24-16-20-8-2-4-10-22(20)18-26(24)28/h1-18H. The van der Waals surface area contributed by atoms with Crippen LogP contribution in [0.3, 0.4) is 0 Å². The van der Waals surface area contributed by atoms with Crippen molar-refractivity contribution in [3.63, 3.8) is 0 Å². The fourth-order valence-electron chi connectivity index (χ4n) is 4.29. The highest BCUT2D eigenvalue weighted by molar-refractivity contribution is 7.82. The monoisotopic (exact) mass is 468 g/mol. The molecule has 0 atom stereocenters. The molecule has 0 spiro atoms. The molecule has 33 heavy (non-hydrogen) atoms. The van der Waals surface area contributed by atoms with Gasteiger partial charge in [-0.15, -0.1) is 0 Å². The summed E-state index contributed by atoms with van der Waals surface area (Å²) in [6, 6.07) is 35.5. The van der Waals surface area contributed by atoms with E-state index in [-0.39, 0.29) is 0 Å². The van der Waals surface area contributed by atoms with Gasteiger partial charge in [0.1, 0.15) is 11.5 Å². The zero-order chi connectivity index (χ0) is 22.4. The largest absolute Gasteiger partial charge is 0.530 e. The molecular weight excluding hydrogens is 451 g/mol. The van der Waals surface area contributed by atoms with E-state index in [0.29, 0.717) is 11.5 Å². The molecule has 0 unspecified atom stereocenters. The van der Waals surface area contributed by atoms with E-state index in [1.165, 1.54) is 0 Å². The zero-order valence-electron chi connectivity index (χ0n) is 17.4. The Morgan fingerprint density at radius 3 is 1.27 bits per heavy atom. The normalized spacial score (nSPS) is 11.9. The summed E-state index contributed by atoms with van der Waals surface area (Å²) in [7, 11) is 0. The van der Waals surface area contributed by atoms with Crippen molar-refractivity contribution in [3.8, 4) is 11.5 Å². The van der Waals surface area contributed by atoms with Gasteiger partial charge in [-0.1, -0.05) is 72.8 Å². The van der Waals surface area contributed by atoms with Crippen LogP contribution in [0.5, 0.6) is 11.5 Å². The van der Waals surface area contributed by atoms with Crippen LogP contribution in [0, 0.1) is 0 Å². The molecule has 160 valence electrons. The number of rotatable bonds is 4. The van der Waals surface area contributed by atoms with Gasteiger partial charge in [-0.25, -0.2) is 4.57 Å². The van der Waals surface area contributed by atoms with Crippen LogP contribution in [0.15, 0.2) is 109 Å². The van der Waals surface area contributed by atoms with E-state index in [1.54, 1.807) is 12.1 Å². The van der Waals surface area contributed by atoms with Crippen molar-refractivity contribution < 1.29 is 13.6 Å². The first kappa shape index (κ1) is 20.1. The van der Waals surface area contributed by atoms with Gasteiger partial charge < -0.3 is 9.05 Å². The molecule has 0 aromatic heterocycles. The molecule has 0 aliphatic heterocycles. The first-order chi connectivity index (χ1) is 16.1. The van der Waals surface area contributed by atoms with Crippen LogP contribution in [0.25, 0.3) is 43.1 Å². The number of fused-ring (bicyclic) bond motifs is 4. The highest BCUT2D eigenvalue weighted by atomic mass is 35.7. The average Bonchev–Trinajstić information content (AvgIpc) is 2.82. The molecule has 5 heteroatoms. The third-order valence-electron chi connectivity index (χ3n) is 5.83. The highest BCUT2D eigenvalue weighted by Crippen LogP contribution is 2.55. The van der Waals surface area contributed by atoms with Gasteiger partial charge in [-0.3, -0.25) is 0 Å². The van der Waals surface area contributed by atoms with Crippen LogP contribution in [0.4, 0.5) is 0 Å². The molecule has 6 rings (SSSR count). The highest BCUT2D eigenvalue weighted by Gasteiger charge is 2.27. The Labute approximate surface area is 195 Å². The predicted molar refractivity (Wildman–Crippen MR) is 138 cm³/mol. The molecule has 6 aromatic rings. The van der Waals surface area contributed by atoms with Gasteiger partial charge in [0, 0.05) is 22.0 Å². The summed E-state index contributed by atoms with van der Waals surface area (Å²) in [4.78, 5) is 0. The van der Waals surface area contributed by atoms with Crippen LogP contribution in [-0.4, -0.2) is 0 Å². The molecule has 0 amide bonds. The SMILES string of the molecule is O=P(Cl)(Oc1cccc2cc3ccccc3cc12)Oc1cccc2cc3ccccc3cc12. The molecule has 6 aromatic carbocycles. The summed E-state index contributed by atoms with van der Waals surface area (Å²) in [5, 5.41) is 7.96. The maximum atomic E-state index is 13.3. The second kappa shape index (κ2) is 7.81. The van der Waals surface area contributed by atoms with E-state index in [9.17, 15) is 4.57 Å². The fourth-order valence-corrected chi connectivity index (χ4v) is 5.56. The Morgan fingerprint density at radius 1 is 0.485 bits per heavy atom. The molecular formula is C28H18ClO3P. The van der Waals surface area contributed by atoms with Crippen LogP contribution >= 0.6 is 18.2 Å². The molecule has 0 saturated heterocycles. The maximum Gasteiger partial charge on any atom is 0.530 e. The van der Waals surface area contributed by atoms with Crippen molar-refractivity contribution in [2.45, 2.75) is 0 Å². The van der Waals surface area contributed by atoms with Crippen molar-refractivity contribution in [1.82, 2.24) is 0 Å². The van der Waals surface area contributed by atoms with Crippen molar-refractivity contribution in [3.05, 3.63) is 109 Å². The minimum Gasteiger partial charge on any atom is -0.404 e. The Bertz CT molecular complexity index is 1600. The Morgan fingerprint density at radius 2 is 0.848 bits per heavy atom. The molecule has 0 fully saturated rings. The van der Waals surface area contributed by atoms with Gasteiger partial charge in [-0.05, 0) is 68.7 Å². The van der Waals surface area contributed by atoms with Crippen molar-refractivity contribution in [2.75, 3.05) is 0 Å². The number of hydrogen-bond donors (Lipinski definition) is 0. The molecule has 0 radical (unpaired) electrons. The lowest BCUT2D eigenvalue weighted by atomic mass is 10.0. The molecule has 0 saturated carbocycles. The summed E-state index contributed by atoms with van der Waals surface area (Å²) >= 11 is 6.35. The lowest BCUT2D eigenvalue weighted by molar-refractivity contribution is 0.410. The first-order valence-electron chi connectivity index (χ1n) is 10.6. The summed E-state index contributed by atoms with van der Waals surface area (Å²) in [5.74, 6) is 0.838. The average molecular weight is 469 g/mol. The quantitative estimate of drug-likeness (QED) is 0.191. The molecule has 0 bridgehead atoms. The minimum atomic E-state index is -3.99. The second-order valence-corrected chi connectivity index (χ2v) is 10.4. The van der Waals surface area contributed by atoms with Gasteiger partial charge in [0.25, 0.3) is 0 Å². The van der Waals surface area contributed by atoms with E-state index in [4.69, 9.17) is 20.3 Å². The van der Waals surface area contributed by atoms with E-state index >= 15 is 0 Å². The van der Waals surface area contributed by atoms with E-state index in [2.05, 4.69) is 24.3 Å². The number of benzene rings is 6. The fraction of sp³-hybridized carbons (Fsp3) is 0. The Balaban J connectivity index is 1.40.